The van der Waals surface area contributed by atoms with E-state index in [1.807, 2.05) is 30.5 Å². The molecule has 20 heavy (non-hydrogen) atoms. The molecule has 0 aliphatic rings. The number of benzene rings is 1. The smallest absolute Gasteiger partial charge is 0.161 e. The van der Waals surface area contributed by atoms with E-state index in [-0.39, 0.29) is 0 Å². The maximum atomic E-state index is 5.76. The summed E-state index contributed by atoms with van der Waals surface area (Å²) >= 11 is 1.67. The molecule has 0 unspecified atom stereocenters. The molecule has 0 spiro atoms. The number of para-hydroxylation sites is 2. The molecule has 2 rings (SSSR count). The molecule has 5 heteroatoms. The van der Waals surface area contributed by atoms with Gasteiger partial charge in [-0.25, -0.2) is 4.98 Å². The molecule has 0 aliphatic heterocycles. The first kappa shape index (κ1) is 14.8. The van der Waals surface area contributed by atoms with Crippen molar-refractivity contribution in [3.8, 4) is 11.5 Å². The Labute approximate surface area is 123 Å². The lowest BCUT2D eigenvalue weighted by Gasteiger charge is -2.08. The Bertz CT molecular complexity index is 540. The van der Waals surface area contributed by atoms with Crippen molar-refractivity contribution < 1.29 is 9.47 Å². The van der Waals surface area contributed by atoms with Gasteiger partial charge >= 0.3 is 0 Å². The standard InChI is InChI=1S/C15H20N2O2S/c1-11(2)16-8-12-9-17-15(20-12)10-19-14-7-5-4-6-13(14)18-3/h4-7,9,11,16H,8,10H2,1-3H3. The van der Waals surface area contributed by atoms with Crippen molar-refractivity contribution in [2.75, 3.05) is 7.11 Å². The summed E-state index contributed by atoms with van der Waals surface area (Å²) in [5.74, 6) is 1.48. The molecular weight excluding hydrogens is 272 g/mol. The Hall–Kier alpha value is -1.59. The topological polar surface area (TPSA) is 43.4 Å². The fourth-order valence-corrected chi connectivity index (χ4v) is 2.47. The third kappa shape index (κ3) is 4.21. The highest BCUT2D eigenvalue weighted by Gasteiger charge is 2.06. The molecule has 4 nitrogen and oxygen atoms in total. The van der Waals surface area contributed by atoms with Gasteiger partial charge in [-0.05, 0) is 12.1 Å². The lowest BCUT2D eigenvalue weighted by Crippen LogP contribution is -2.21. The molecule has 108 valence electrons. The molecule has 0 amide bonds. The maximum absolute atomic E-state index is 5.76. The minimum absolute atomic E-state index is 0.465. The van der Waals surface area contributed by atoms with Gasteiger partial charge in [0.2, 0.25) is 0 Å². The van der Waals surface area contributed by atoms with Gasteiger partial charge < -0.3 is 14.8 Å². The van der Waals surface area contributed by atoms with Crippen LogP contribution in [0.1, 0.15) is 23.7 Å². The van der Waals surface area contributed by atoms with Gasteiger partial charge in [0.1, 0.15) is 11.6 Å². The van der Waals surface area contributed by atoms with Crippen LogP contribution in [0.2, 0.25) is 0 Å². The summed E-state index contributed by atoms with van der Waals surface area (Å²) in [6.07, 6.45) is 1.90. The van der Waals surface area contributed by atoms with Crippen LogP contribution in [0, 0.1) is 0 Å². The molecule has 1 aromatic carbocycles. The van der Waals surface area contributed by atoms with Gasteiger partial charge in [0.05, 0.1) is 7.11 Å². The fraction of sp³-hybridized carbons (Fsp3) is 0.400. The van der Waals surface area contributed by atoms with Crippen molar-refractivity contribution in [1.29, 1.82) is 0 Å². The fourth-order valence-electron chi connectivity index (χ4n) is 1.68. The Morgan fingerprint density at radius 3 is 2.70 bits per heavy atom. The van der Waals surface area contributed by atoms with E-state index in [1.54, 1.807) is 18.4 Å². The van der Waals surface area contributed by atoms with Crippen LogP contribution in [0.3, 0.4) is 0 Å². The molecule has 0 saturated carbocycles. The van der Waals surface area contributed by atoms with Crippen LogP contribution in [0.5, 0.6) is 11.5 Å². The van der Waals surface area contributed by atoms with Crippen molar-refractivity contribution in [1.82, 2.24) is 10.3 Å². The zero-order valence-corrected chi connectivity index (χ0v) is 12.9. The summed E-state index contributed by atoms with van der Waals surface area (Å²) in [5, 5.41) is 4.35. The van der Waals surface area contributed by atoms with Crippen LogP contribution in [-0.2, 0) is 13.2 Å². The maximum Gasteiger partial charge on any atom is 0.161 e. The number of nitrogens with zero attached hydrogens (tertiary/aromatic N) is 1. The van der Waals surface area contributed by atoms with Crippen molar-refractivity contribution in [3.63, 3.8) is 0 Å². The molecule has 1 N–H and O–H groups in total. The highest BCUT2D eigenvalue weighted by Crippen LogP contribution is 2.27. The molecule has 0 saturated heterocycles. The van der Waals surface area contributed by atoms with Gasteiger partial charge in [-0.2, -0.15) is 0 Å². The van der Waals surface area contributed by atoms with E-state index in [4.69, 9.17) is 9.47 Å². The Kier molecular flexibility index (Phi) is 5.38. The second-order valence-electron chi connectivity index (χ2n) is 4.70. The minimum atomic E-state index is 0.465. The highest BCUT2D eigenvalue weighted by molar-refractivity contribution is 7.11. The number of aromatic nitrogens is 1. The molecule has 0 fully saturated rings. The lowest BCUT2D eigenvalue weighted by atomic mass is 10.3. The Balaban J connectivity index is 1.91. The third-order valence-corrected chi connectivity index (χ3v) is 3.68. The second-order valence-corrected chi connectivity index (χ2v) is 5.90. The zero-order valence-electron chi connectivity index (χ0n) is 12.1. The summed E-state index contributed by atoms with van der Waals surface area (Å²) in [6.45, 7) is 5.58. The Morgan fingerprint density at radius 1 is 1.25 bits per heavy atom. The first-order chi connectivity index (χ1) is 9.69. The van der Waals surface area contributed by atoms with E-state index < -0.39 is 0 Å². The van der Waals surface area contributed by atoms with Crippen LogP contribution < -0.4 is 14.8 Å². The van der Waals surface area contributed by atoms with Crippen LogP contribution in [0.25, 0.3) is 0 Å². The van der Waals surface area contributed by atoms with Gasteiger partial charge in [-0.15, -0.1) is 11.3 Å². The van der Waals surface area contributed by atoms with E-state index in [1.165, 1.54) is 4.88 Å². The van der Waals surface area contributed by atoms with Gasteiger partial charge in [0.25, 0.3) is 0 Å². The molecule has 1 aromatic heterocycles. The van der Waals surface area contributed by atoms with Gasteiger partial charge in [0.15, 0.2) is 11.5 Å². The first-order valence-electron chi connectivity index (χ1n) is 6.62. The van der Waals surface area contributed by atoms with Gasteiger partial charge in [-0.3, -0.25) is 0 Å². The van der Waals surface area contributed by atoms with E-state index in [9.17, 15) is 0 Å². The van der Waals surface area contributed by atoms with Crippen molar-refractivity contribution >= 4 is 11.3 Å². The number of rotatable bonds is 7. The quantitative estimate of drug-likeness (QED) is 0.851. The number of hydrogen-bond donors (Lipinski definition) is 1. The van der Waals surface area contributed by atoms with E-state index >= 15 is 0 Å². The summed E-state index contributed by atoms with van der Waals surface area (Å²) in [6, 6.07) is 8.11. The third-order valence-electron chi connectivity index (χ3n) is 2.71. The molecule has 1 heterocycles. The number of ether oxygens (including phenoxy) is 2. The van der Waals surface area contributed by atoms with Gasteiger partial charge in [0, 0.05) is 23.7 Å². The predicted molar refractivity (Wildman–Crippen MR) is 81.4 cm³/mol. The zero-order chi connectivity index (χ0) is 14.4. The van der Waals surface area contributed by atoms with E-state index in [0.29, 0.717) is 12.6 Å². The number of methoxy groups -OCH3 is 1. The summed E-state index contributed by atoms with van der Waals surface area (Å²) in [4.78, 5) is 5.60. The Morgan fingerprint density at radius 2 is 2.00 bits per heavy atom. The molecule has 0 aliphatic carbocycles. The average Bonchev–Trinajstić information content (AvgIpc) is 2.91. The lowest BCUT2D eigenvalue weighted by molar-refractivity contribution is 0.284. The monoisotopic (exact) mass is 292 g/mol. The van der Waals surface area contributed by atoms with Crippen LogP contribution >= 0.6 is 11.3 Å². The van der Waals surface area contributed by atoms with Crippen molar-refractivity contribution in [3.05, 3.63) is 40.3 Å². The number of hydrogen-bond acceptors (Lipinski definition) is 5. The van der Waals surface area contributed by atoms with Crippen LogP contribution in [0.15, 0.2) is 30.5 Å². The highest BCUT2D eigenvalue weighted by atomic mass is 32.1. The molecular formula is C15H20N2O2S. The van der Waals surface area contributed by atoms with Gasteiger partial charge in [-0.1, -0.05) is 26.0 Å². The predicted octanol–water partition coefficient (Wildman–Crippen LogP) is 3.23. The van der Waals surface area contributed by atoms with Crippen molar-refractivity contribution in [2.45, 2.75) is 33.0 Å². The van der Waals surface area contributed by atoms with Crippen LogP contribution in [0.4, 0.5) is 0 Å². The minimum Gasteiger partial charge on any atom is -0.493 e. The SMILES string of the molecule is COc1ccccc1OCc1ncc(CNC(C)C)s1. The number of nitrogens with one attached hydrogen (secondary N) is 1. The second kappa shape index (κ2) is 7.26. The normalized spacial score (nSPS) is 10.8. The van der Waals surface area contributed by atoms with E-state index in [2.05, 4.69) is 24.1 Å². The van der Waals surface area contributed by atoms with E-state index in [0.717, 1.165) is 23.1 Å². The summed E-state index contributed by atoms with van der Waals surface area (Å²) in [5.41, 5.74) is 0. The summed E-state index contributed by atoms with van der Waals surface area (Å²) < 4.78 is 11.0. The van der Waals surface area contributed by atoms with Crippen molar-refractivity contribution in [2.24, 2.45) is 0 Å². The molecule has 0 bridgehead atoms. The van der Waals surface area contributed by atoms with Crippen LogP contribution in [-0.4, -0.2) is 18.1 Å². The number of thiazole rings is 1. The summed E-state index contributed by atoms with van der Waals surface area (Å²) in [7, 11) is 1.64. The largest absolute Gasteiger partial charge is 0.493 e. The molecule has 0 radical (unpaired) electrons. The average molecular weight is 292 g/mol. The molecule has 2 aromatic rings. The molecule has 0 atom stereocenters. The first-order valence-corrected chi connectivity index (χ1v) is 7.43.